The molecular formula is C22H22N2O3. The molecule has 138 valence electrons. The van der Waals surface area contributed by atoms with Crippen molar-refractivity contribution in [3.05, 3.63) is 60.3 Å². The highest BCUT2D eigenvalue weighted by Crippen LogP contribution is 2.35. The lowest BCUT2D eigenvalue weighted by molar-refractivity contribution is -0.116. The van der Waals surface area contributed by atoms with Crippen molar-refractivity contribution >= 4 is 28.3 Å². The van der Waals surface area contributed by atoms with Crippen molar-refractivity contribution < 1.29 is 14.3 Å². The largest absolute Gasteiger partial charge is 0.494 e. The summed E-state index contributed by atoms with van der Waals surface area (Å²) in [5.74, 6) is 0.985. The predicted molar refractivity (Wildman–Crippen MR) is 105 cm³/mol. The Hall–Kier alpha value is -3.08. The number of hydrogen-bond donors (Lipinski definition) is 1. The average molecular weight is 362 g/mol. The molecule has 0 saturated heterocycles. The van der Waals surface area contributed by atoms with Crippen LogP contribution in [0, 0.1) is 5.92 Å². The van der Waals surface area contributed by atoms with Gasteiger partial charge in [0.25, 0.3) is 0 Å². The maximum Gasteiger partial charge on any atom is 0.244 e. The van der Waals surface area contributed by atoms with Gasteiger partial charge in [-0.3, -0.25) is 9.59 Å². The normalized spacial score (nSPS) is 13.5. The molecule has 1 amide bonds. The monoisotopic (exact) mass is 362 g/mol. The van der Waals surface area contributed by atoms with Gasteiger partial charge in [0.05, 0.1) is 6.61 Å². The van der Waals surface area contributed by atoms with Crippen molar-refractivity contribution in [2.24, 2.45) is 5.92 Å². The lowest BCUT2D eigenvalue weighted by Gasteiger charge is -2.08. The van der Waals surface area contributed by atoms with Gasteiger partial charge in [0, 0.05) is 34.3 Å². The summed E-state index contributed by atoms with van der Waals surface area (Å²) in [6.45, 7) is 2.69. The standard InChI is InChI=1S/C22H22N2O3/c1-2-27-17-11-9-16(10-12-17)23-21(25)14-24-13-19(22(26)15-7-8-15)18-5-3-4-6-20(18)24/h3-6,9-13,15H,2,7-8,14H2,1H3,(H,23,25). The first-order valence-electron chi connectivity index (χ1n) is 9.30. The van der Waals surface area contributed by atoms with Gasteiger partial charge in [-0.25, -0.2) is 0 Å². The topological polar surface area (TPSA) is 60.3 Å². The quantitative estimate of drug-likeness (QED) is 0.639. The minimum absolute atomic E-state index is 0.134. The van der Waals surface area contributed by atoms with Crippen molar-refractivity contribution in [3.63, 3.8) is 0 Å². The van der Waals surface area contributed by atoms with Crippen molar-refractivity contribution in [2.45, 2.75) is 26.3 Å². The van der Waals surface area contributed by atoms with Crippen LogP contribution in [0.2, 0.25) is 0 Å². The number of fused-ring (bicyclic) bond motifs is 1. The highest BCUT2D eigenvalue weighted by atomic mass is 16.5. The number of nitrogens with zero attached hydrogens (tertiary/aromatic N) is 1. The Bertz CT molecular complexity index is 984. The number of ketones is 1. The Morgan fingerprint density at radius 2 is 1.85 bits per heavy atom. The number of rotatable bonds is 7. The zero-order valence-electron chi connectivity index (χ0n) is 15.3. The predicted octanol–water partition coefficient (Wildman–Crippen LogP) is 4.27. The molecule has 1 fully saturated rings. The molecule has 0 spiro atoms. The molecule has 0 radical (unpaired) electrons. The number of benzene rings is 2. The Morgan fingerprint density at radius 1 is 1.11 bits per heavy atom. The fourth-order valence-electron chi connectivity index (χ4n) is 3.30. The van der Waals surface area contributed by atoms with Gasteiger partial charge in [0.1, 0.15) is 12.3 Å². The van der Waals surface area contributed by atoms with Crippen molar-refractivity contribution in [1.29, 1.82) is 0 Å². The number of carbonyl (C=O) groups is 2. The number of anilines is 1. The Labute approximate surface area is 157 Å². The fraction of sp³-hybridized carbons (Fsp3) is 0.273. The van der Waals surface area contributed by atoms with Crippen LogP contribution in [0.25, 0.3) is 10.9 Å². The second-order valence-corrected chi connectivity index (χ2v) is 6.83. The molecule has 1 N–H and O–H groups in total. The third-order valence-corrected chi connectivity index (χ3v) is 4.77. The van der Waals surface area contributed by atoms with E-state index in [4.69, 9.17) is 4.74 Å². The summed E-state index contributed by atoms with van der Waals surface area (Å²) in [4.78, 5) is 25.1. The molecule has 2 aromatic carbocycles. The fourth-order valence-corrected chi connectivity index (χ4v) is 3.30. The molecule has 5 nitrogen and oxygen atoms in total. The summed E-state index contributed by atoms with van der Waals surface area (Å²) in [6, 6.07) is 15.0. The smallest absolute Gasteiger partial charge is 0.244 e. The number of para-hydroxylation sites is 1. The van der Waals surface area contributed by atoms with Crippen LogP contribution in [0.4, 0.5) is 5.69 Å². The highest BCUT2D eigenvalue weighted by Gasteiger charge is 2.32. The van der Waals surface area contributed by atoms with E-state index in [0.29, 0.717) is 12.3 Å². The molecule has 0 unspecified atom stereocenters. The van der Waals surface area contributed by atoms with E-state index >= 15 is 0 Å². The summed E-state index contributed by atoms with van der Waals surface area (Å²) >= 11 is 0. The number of ether oxygens (including phenoxy) is 1. The number of hydrogen-bond acceptors (Lipinski definition) is 3. The summed E-state index contributed by atoms with van der Waals surface area (Å²) < 4.78 is 7.27. The van der Waals surface area contributed by atoms with Crippen LogP contribution in [0.1, 0.15) is 30.1 Å². The van der Waals surface area contributed by atoms with E-state index in [-0.39, 0.29) is 24.2 Å². The molecule has 0 atom stereocenters. The summed E-state index contributed by atoms with van der Waals surface area (Å²) in [5, 5.41) is 3.82. The van der Waals surface area contributed by atoms with Crippen molar-refractivity contribution in [1.82, 2.24) is 4.57 Å². The van der Waals surface area contributed by atoms with Crippen LogP contribution in [0.3, 0.4) is 0 Å². The number of aromatic nitrogens is 1. The highest BCUT2D eigenvalue weighted by molar-refractivity contribution is 6.10. The number of amides is 1. The zero-order chi connectivity index (χ0) is 18.8. The van der Waals surface area contributed by atoms with Crippen molar-refractivity contribution in [2.75, 3.05) is 11.9 Å². The molecule has 1 aliphatic carbocycles. The maximum atomic E-state index is 12.6. The molecule has 0 aliphatic heterocycles. The molecule has 27 heavy (non-hydrogen) atoms. The van der Waals surface area contributed by atoms with E-state index in [9.17, 15) is 9.59 Å². The van der Waals surface area contributed by atoms with Crippen LogP contribution in [0.5, 0.6) is 5.75 Å². The van der Waals surface area contributed by atoms with Gasteiger partial charge in [-0.05, 0) is 50.1 Å². The Kier molecular flexibility index (Phi) is 4.67. The molecule has 3 aromatic rings. The lowest BCUT2D eigenvalue weighted by atomic mass is 10.1. The van der Waals surface area contributed by atoms with Crippen LogP contribution in [-0.4, -0.2) is 22.9 Å². The molecular weight excluding hydrogens is 340 g/mol. The summed E-state index contributed by atoms with van der Waals surface area (Å²) in [7, 11) is 0. The molecule has 5 heteroatoms. The third kappa shape index (κ3) is 3.72. The first-order valence-corrected chi connectivity index (χ1v) is 9.30. The van der Waals surface area contributed by atoms with Gasteiger partial charge in [-0.2, -0.15) is 0 Å². The first kappa shape index (κ1) is 17.3. The van der Waals surface area contributed by atoms with E-state index in [1.807, 2.05) is 66.2 Å². The van der Waals surface area contributed by atoms with Crippen LogP contribution < -0.4 is 10.1 Å². The molecule has 1 saturated carbocycles. The molecule has 0 bridgehead atoms. The van der Waals surface area contributed by atoms with Gasteiger partial charge in [-0.15, -0.1) is 0 Å². The number of carbonyl (C=O) groups excluding carboxylic acids is 2. The van der Waals surface area contributed by atoms with Crippen LogP contribution >= 0.6 is 0 Å². The van der Waals surface area contributed by atoms with Gasteiger partial charge in [0.15, 0.2) is 5.78 Å². The van der Waals surface area contributed by atoms with Crippen LogP contribution in [-0.2, 0) is 11.3 Å². The van der Waals surface area contributed by atoms with E-state index in [1.165, 1.54) is 0 Å². The summed E-state index contributed by atoms with van der Waals surface area (Å²) in [5.41, 5.74) is 2.35. The van der Waals surface area contributed by atoms with Gasteiger partial charge >= 0.3 is 0 Å². The van der Waals surface area contributed by atoms with E-state index in [2.05, 4.69) is 5.32 Å². The average Bonchev–Trinajstić information content (AvgIpc) is 3.46. The first-order chi connectivity index (χ1) is 13.2. The molecule has 1 heterocycles. The Balaban J connectivity index is 1.52. The van der Waals surface area contributed by atoms with Crippen LogP contribution in [0.15, 0.2) is 54.7 Å². The number of Topliss-reactive ketones (excluding diaryl/α,β-unsaturated/α-hetero) is 1. The van der Waals surface area contributed by atoms with E-state index in [0.717, 1.165) is 35.1 Å². The van der Waals surface area contributed by atoms with Crippen molar-refractivity contribution in [3.8, 4) is 5.75 Å². The van der Waals surface area contributed by atoms with Gasteiger partial charge in [-0.1, -0.05) is 18.2 Å². The van der Waals surface area contributed by atoms with Gasteiger partial charge in [0.2, 0.25) is 5.91 Å². The lowest BCUT2D eigenvalue weighted by Crippen LogP contribution is -2.18. The molecule has 1 aliphatic rings. The Morgan fingerprint density at radius 3 is 2.56 bits per heavy atom. The van der Waals surface area contributed by atoms with E-state index < -0.39 is 0 Å². The van der Waals surface area contributed by atoms with Gasteiger partial charge < -0.3 is 14.6 Å². The number of nitrogens with one attached hydrogen (secondary N) is 1. The SMILES string of the molecule is CCOc1ccc(NC(=O)Cn2cc(C(=O)C3CC3)c3ccccc32)cc1. The molecule has 1 aromatic heterocycles. The minimum atomic E-state index is -0.134. The zero-order valence-corrected chi connectivity index (χ0v) is 15.3. The molecule has 4 rings (SSSR count). The minimum Gasteiger partial charge on any atom is -0.494 e. The van der Waals surface area contributed by atoms with E-state index in [1.54, 1.807) is 0 Å². The maximum absolute atomic E-state index is 12.6. The second-order valence-electron chi connectivity index (χ2n) is 6.83. The third-order valence-electron chi connectivity index (χ3n) is 4.77. The summed E-state index contributed by atoms with van der Waals surface area (Å²) in [6.07, 6.45) is 3.76. The second kappa shape index (κ2) is 7.27.